The van der Waals surface area contributed by atoms with Crippen molar-refractivity contribution in [1.82, 2.24) is 0 Å². The second kappa shape index (κ2) is 8.52. The number of carbonyl (C=O) groups is 3. The van der Waals surface area contributed by atoms with Crippen LogP contribution in [0.5, 0.6) is 0 Å². The zero-order chi connectivity index (χ0) is 21.0. The summed E-state index contributed by atoms with van der Waals surface area (Å²) in [5, 5.41) is 0. The highest BCUT2D eigenvalue weighted by Gasteiger charge is 2.29. The molecule has 0 aliphatic carbocycles. The van der Waals surface area contributed by atoms with Gasteiger partial charge < -0.3 is 9.47 Å². The number of carbonyl (C=O) groups excluding carboxylic acids is 3. The van der Waals surface area contributed by atoms with Crippen molar-refractivity contribution >= 4 is 17.7 Å². The van der Waals surface area contributed by atoms with E-state index in [9.17, 15) is 14.4 Å². The average Bonchev–Trinajstić information content (AvgIpc) is 2.77. The van der Waals surface area contributed by atoms with Gasteiger partial charge in [0.2, 0.25) is 0 Å². The summed E-state index contributed by atoms with van der Waals surface area (Å²) in [5.41, 5.74) is 2.79. The van der Waals surface area contributed by atoms with E-state index in [1.807, 2.05) is 60.7 Å². The molecule has 0 aromatic heterocycles. The Labute approximate surface area is 168 Å². The lowest BCUT2D eigenvalue weighted by Crippen LogP contribution is -2.15. The number of ether oxygens (including phenoxy) is 2. The summed E-state index contributed by atoms with van der Waals surface area (Å²) >= 11 is 0. The van der Waals surface area contributed by atoms with Gasteiger partial charge in [-0.05, 0) is 24.1 Å². The van der Waals surface area contributed by atoms with Gasteiger partial charge in [-0.2, -0.15) is 0 Å². The Balaban J connectivity index is 2.58. The van der Waals surface area contributed by atoms with Crippen molar-refractivity contribution in [3.63, 3.8) is 0 Å². The van der Waals surface area contributed by atoms with Gasteiger partial charge in [0.25, 0.3) is 0 Å². The molecule has 0 unspecified atom stereocenters. The van der Waals surface area contributed by atoms with Gasteiger partial charge in [-0.25, -0.2) is 9.59 Å². The van der Waals surface area contributed by atoms with Crippen molar-refractivity contribution in [1.29, 1.82) is 0 Å². The molecule has 3 aromatic rings. The third kappa shape index (κ3) is 3.80. The summed E-state index contributed by atoms with van der Waals surface area (Å²) in [7, 11) is 2.54. The number of ketones is 1. The van der Waals surface area contributed by atoms with Crippen LogP contribution in [0.4, 0.5) is 0 Å². The number of benzene rings is 3. The summed E-state index contributed by atoms with van der Waals surface area (Å²) in [6.45, 7) is 1.35. The molecule has 0 bridgehead atoms. The molecule has 29 heavy (non-hydrogen) atoms. The van der Waals surface area contributed by atoms with E-state index in [0.717, 1.165) is 0 Å². The minimum atomic E-state index is -0.650. The maximum absolute atomic E-state index is 12.8. The number of rotatable bonds is 5. The molecule has 146 valence electrons. The zero-order valence-electron chi connectivity index (χ0n) is 16.4. The first-order chi connectivity index (χ1) is 14.0. The second-order valence-electron chi connectivity index (χ2n) is 6.37. The fourth-order valence-electron chi connectivity index (χ4n) is 3.34. The van der Waals surface area contributed by atoms with Gasteiger partial charge in [0.05, 0.1) is 25.3 Å². The molecule has 0 atom stereocenters. The largest absolute Gasteiger partial charge is 0.465 e. The van der Waals surface area contributed by atoms with Crippen LogP contribution in [0.3, 0.4) is 0 Å². The summed E-state index contributed by atoms with van der Waals surface area (Å²) in [5.74, 6) is -1.60. The van der Waals surface area contributed by atoms with Gasteiger partial charge in [-0.15, -0.1) is 0 Å². The van der Waals surface area contributed by atoms with Crippen LogP contribution in [-0.4, -0.2) is 31.9 Å². The van der Waals surface area contributed by atoms with Gasteiger partial charge in [0.15, 0.2) is 5.78 Å². The van der Waals surface area contributed by atoms with Crippen LogP contribution in [-0.2, 0) is 9.47 Å². The lowest BCUT2D eigenvalue weighted by molar-refractivity contribution is 0.0586. The van der Waals surface area contributed by atoms with Crippen LogP contribution in [0.25, 0.3) is 22.3 Å². The topological polar surface area (TPSA) is 69.7 Å². The minimum Gasteiger partial charge on any atom is -0.465 e. The zero-order valence-corrected chi connectivity index (χ0v) is 16.4. The molecule has 0 heterocycles. The Bertz CT molecular complexity index is 1070. The van der Waals surface area contributed by atoms with Gasteiger partial charge in [0.1, 0.15) is 0 Å². The molecule has 0 aliphatic heterocycles. The molecule has 0 saturated heterocycles. The number of hydrogen-bond acceptors (Lipinski definition) is 5. The smallest absolute Gasteiger partial charge is 0.339 e. The van der Waals surface area contributed by atoms with Crippen LogP contribution in [0.2, 0.25) is 0 Å². The highest BCUT2D eigenvalue weighted by atomic mass is 16.5. The molecule has 0 amide bonds. The molecule has 0 spiro atoms. The fourth-order valence-corrected chi connectivity index (χ4v) is 3.34. The number of Topliss-reactive ketones (excluding diaryl/α,β-unsaturated/α-hetero) is 1. The van der Waals surface area contributed by atoms with Crippen LogP contribution in [0.1, 0.15) is 38.0 Å². The molecular weight excluding hydrogens is 368 g/mol. The van der Waals surface area contributed by atoms with Crippen LogP contribution < -0.4 is 0 Å². The Morgan fingerprint density at radius 1 is 0.655 bits per heavy atom. The first-order valence-corrected chi connectivity index (χ1v) is 8.99. The van der Waals surface area contributed by atoms with Crippen molar-refractivity contribution in [2.75, 3.05) is 14.2 Å². The number of methoxy groups -OCH3 is 2. The Hall–Kier alpha value is -3.73. The molecule has 3 rings (SSSR count). The van der Waals surface area contributed by atoms with Gasteiger partial charge in [-0.3, -0.25) is 4.79 Å². The molecule has 3 aromatic carbocycles. The molecule has 0 aliphatic rings. The number of esters is 2. The van der Waals surface area contributed by atoms with Crippen molar-refractivity contribution in [3.05, 3.63) is 83.4 Å². The summed E-state index contributed by atoms with van der Waals surface area (Å²) in [4.78, 5) is 37.9. The highest BCUT2D eigenvalue weighted by Crippen LogP contribution is 2.40. The standard InChI is InChI=1S/C24H20O5/c1-15(25)18-14-19(23(26)28-2)20(16-10-6-4-7-11-16)21(22(18)24(27)29-3)17-12-8-5-9-13-17/h4-14H,1-3H3. The van der Waals surface area contributed by atoms with Crippen molar-refractivity contribution < 1.29 is 23.9 Å². The van der Waals surface area contributed by atoms with E-state index in [4.69, 9.17) is 9.47 Å². The molecule has 0 radical (unpaired) electrons. The third-order valence-corrected chi connectivity index (χ3v) is 4.63. The first kappa shape index (κ1) is 20.0. The van der Waals surface area contributed by atoms with E-state index in [1.54, 1.807) is 0 Å². The normalized spacial score (nSPS) is 10.3. The molecular formula is C24H20O5. The van der Waals surface area contributed by atoms with Gasteiger partial charge >= 0.3 is 11.9 Å². The fraction of sp³-hybridized carbons (Fsp3) is 0.125. The van der Waals surface area contributed by atoms with E-state index in [-0.39, 0.29) is 22.5 Å². The van der Waals surface area contributed by atoms with E-state index in [0.29, 0.717) is 22.3 Å². The summed E-state index contributed by atoms with van der Waals surface area (Å²) in [6.07, 6.45) is 0. The maximum Gasteiger partial charge on any atom is 0.339 e. The number of hydrogen-bond donors (Lipinski definition) is 0. The van der Waals surface area contributed by atoms with Crippen molar-refractivity contribution in [2.45, 2.75) is 6.92 Å². The van der Waals surface area contributed by atoms with E-state index in [2.05, 4.69) is 0 Å². The van der Waals surface area contributed by atoms with E-state index >= 15 is 0 Å². The molecule has 5 nitrogen and oxygen atoms in total. The highest BCUT2D eigenvalue weighted by molar-refractivity contribution is 6.15. The second-order valence-corrected chi connectivity index (χ2v) is 6.37. The minimum absolute atomic E-state index is 0.107. The molecule has 5 heteroatoms. The van der Waals surface area contributed by atoms with Crippen LogP contribution in [0.15, 0.2) is 66.7 Å². The van der Waals surface area contributed by atoms with E-state index in [1.165, 1.54) is 27.2 Å². The third-order valence-electron chi connectivity index (χ3n) is 4.63. The monoisotopic (exact) mass is 388 g/mol. The maximum atomic E-state index is 12.8. The Kier molecular flexibility index (Phi) is 5.88. The average molecular weight is 388 g/mol. The molecule has 0 fully saturated rings. The SMILES string of the molecule is COC(=O)c1cc(C(C)=O)c(C(=O)OC)c(-c2ccccc2)c1-c1ccccc1. The predicted octanol–water partition coefficient (Wildman–Crippen LogP) is 4.80. The Morgan fingerprint density at radius 2 is 1.14 bits per heavy atom. The lowest BCUT2D eigenvalue weighted by atomic mass is 9.83. The van der Waals surface area contributed by atoms with E-state index < -0.39 is 11.9 Å². The Morgan fingerprint density at radius 3 is 1.59 bits per heavy atom. The molecule has 0 saturated carbocycles. The summed E-state index contributed by atoms with van der Waals surface area (Å²) < 4.78 is 9.98. The molecule has 0 N–H and O–H groups in total. The quantitative estimate of drug-likeness (QED) is 0.464. The summed E-state index contributed by atoms with van der Waals surface area (Å²) in [6, 6.07) is 19.7. The lowest BCUT2D eigenvalue weighted by Gasteiger charge is -2.20. The van der Waals surface area contributed by atoms with Gasteiger partial charge in [-0.1, -0.05) is 60.7 Å². The van der Waals surface area contributed by atoms with Crippen LogP contribution >= 0.6 is 0 Å². The van der Waals surface area contributed by atoms with Crippen molar-refractivity contribution in [3.8, 4) is 22.3 Å². The van der Waals surface area contributed by atoms with Gasteiger partial charge in [0, 0.05) is 16.7 Å². The van der Waals surface area contributed by atoms with Crippen molar-refractivity contribution in [2.24, 2.45) is 0 Å². The predicted molar refractivity (Wildman–Crippen MR) is 110 cm³/mol. The first-order valence-electron chi connectivity index (χ1n) is 8.99. The van der Waals surface area contributed by atoms with Crippen LogP contribution in [0, 0.1) is 0 Å².